The van der Waals surface area contributed by atoms with Gasteiger partial charge in [0.05, 0.1) is 15.9 Å². The van der Waals surface area contributed by atoms with Gasteiger partial charge in [0.1, 0.15) is 5.82 Å². The number of rotatable bonds is 4. The third-order valence-electron chi connectivity index (χ3n) is 4.87. The molecule has 0 saturated carbocycles. The summed E-state index contributed by atoms with van der Waals surface area (Å²) < 4.78 is 41.3. The highest BCUT2D eigenvalue weighted by atomic mass is 79.9. The summed E-state index contributed by atoms with van der Waals surface area (Å²) in [5.41, 5.74) is 1.62. The Bertz CT molecular complexity index is 1180. The van der Waals surface area contributed by atoms with Gasteiger partial charge in [-0.3, -0.25) is 4.90 Å². The summed E-state index contributed by atoms with van der Waals surface area (Å²) >= 11 is 3.37. The molecule has 2 heterocycles. The predicted molar refractivity (Wildman–Crippen MR) is 107 cm³/mol. The standard InChI is InChI=1S/C18H18BrFN4O3S/c19-15-9-13(20)2-1-12(15)11-23-5-7-24(8-6-23)28(26,27)14-3-4-16-17(10-14)22-18(25)21-16/h1-4,9-10H,5-8,11H2,(H2,21,22,25). The highest BCUT2D eigenvalue weighted by molar-refractivity contribution is 9.10. The first kappa shape index (κ1) is 19.3. The van der Waals surface area contributed by atoms with Crippen LogP contribution in [0.5, 0.6) is 0 Å². The Labute approximate surface area is 169 Å². The molecule has 2 N–H and O–H groups in total. The third-order valence-corrected chi connectivity index (χ3v) is 7.50. The first-order valence-electron chi connectivity index (χ1n) is 8.71. The fraction of sp³-hybridized carbons (Fsp3) is 0.278. The van der Waals surface area contributed by atoms with Crippen molar-refractivity contribution in [1.82, 2.24) is 19.2 Å². The lowest BCUT2D eigenvalue weighted by Gasteiger charge is -2.34. The first-order valence-corrected chi connectivity index (χ1v) is 10.9. The van der Waals surface area contributed by atoms with Crippen LogP contribution >= 0.6 is 15.9 Å². The minimum absolute atomic E-state index is 0.157. The van der Waals surface area contributed by atoms with E-state index >= 15 is 0 Å². The van der Waals surface area contributed by atoms with Crippen molar-refractivity contribution < 1.29 is 12.8 Å². The second kappa shape index (κ2) is 7.43. The zero-order chi connectivity index (χ0) is 19.9. The molecule has 7 nitrogen and oxygen atoms in total. The summed E-state index contributed by atoms with van der Waals surface area (Å²) in [6.45, 7) is 2.50. The smallest absolute Gasteiger partial charge is 0.306 e. The number of nitrogens with one attached hydrogen (secondary N) is 2. The quantitative estimate of drug-likeness (QED) is 0.614. The molecule has 1 aliphatic rings. The molecule has 0 spiro atoms. The Morgan fingerprint density at radius 1 is 1.00 bits per heavy atom. The minimum atomic E-state index is -3.64. The molecule has 1 aliphatic heterocycles. The minimum Gasteiger partial charge on any atom is -0.306 e. The number of hydrogen-bond donors (Lipinski definition) is 2. The monoisotopic (exact) mass is 468 g/mol. The topological polar surface area (TPSA) is 89.3 Å². The average Bonchev–Trinajstić information content (AvgIpc) is 3.03. The first-order chi connectivity index (χ1) is 13.3. The molecular formula is C18H18BrFN4O3S. The van der Waals surface area contributed by atoms with Crippen LogP contribution in [0.2, 0.25) is 0 Å². The number of aromatic nitrogens is 2. The highest BCUT2D eigenvalue weighted by Gasteiger charge is 2.29. The van der Waals surface area contributed by atoms with E-state index in [0.717, 1.165) is 5.56 Å². The maximum atomic E-state index is 13.2. The Hall–Kier alpha value is -2.01. The molecule has 0 radical (unpaired) electrons. The second-order valence-electron chi connectivity index (χ2n) is 6.70. The molecule has 148 valence electrons. The van der Waals surface area contributed by atoms with Crippen molar-refractivity contribution in [1.29, 1.82) is 0 Å². The van der Waals surface area contributed by atoms with Crippen molar-refractivity contribution in [2.24, 2.45) is 0 Å². The zero-order valence-electron chi connectivity index (χ0n) is 14.8. The number of benzene rings is 2. The molecule has 1 fully saturated rings. The molecule has 0 unspecified atom stereocenters. The number of sulfonamides is 1. The Morgan fingerprint density at radius 2 is 1.71 bits per heavy atom. The molecule has 0 bridgehead atoms. The van der Waals surface area contributed by atoms with Gasteiger partial charge in [-0.1, -0.05) is 22.0 Å². The molecule has 2 aromatic carbocycles. The lowest BCUT2D eigenvalue weighted by Crippen LogP contribution is -2.48. The van der Waals surface area contributed by atoms with Crippen LogP contribution in [-0.2, 0) is 16.6 Å². The highest BCUT2D eigenvalue weighted by Crippen LogP contribution is 2.23. The van der Waals surface area contributed by atoms with E-state index < -0.39 is 10.0 Å². The number of fused-ring (bicyclic) bond motifs is 1. The van der Waals surface area contributed by atoms with Crippen LogP contribution in [-0.4, -0.2) is 53.8 Å². The van der Waals surface area contributed by atoms with Crippen molar-refractivity contribution in [3.8, 4) is 0 Å². The van der Waals surface area contributed by atoms with Gasteiger partial charge in [0, 0.05) is 37.2 Å². The van der Waals surface area contributed by atoms with Gasteiger partial charge in [-0.15, -0.1) is 0 Å². The number of aromatic amines is 2. The predicted octanol–water partition coefficient (Wildman–Crippen LogP) is 2.26. The Kier molecular flexibility index (Phi) is 5.13. The summed E-state index contributed by atoms with van der Waals surface area (Å²) in [5.74, 6) is -0.299. The molecule has 1 saturated heterocycles. The fourth-order valence-electron chi connectivity index (χ4n) is 3.34. The Morgan fingerprint density at radius 3 is 2.43 bits per heavy atom. The van der Waals surface area contributed by atoms with E-state index in [1.54, 1.807) is 12.1 Å². The maximum Gasteiger partial charge on any atom is 0.323 e. The van der Waals surface area contributed by atoms with Gasteiger partial charge in [-0.25, -0.2) is 17.6 Å². The fourth-order valence-corrected chi connectivity index (χ4v) is 5.27. The number of hydrogen-bond acceptors (Lipinski definition) is 4. The van der Waals surface area contributed by atoms with Crippen LogP contribution in [0.4, 0.5) is 4.39 Å². The number of halogens is 2. The van der Waals surface area contributed by atoms with E-state index in [1.807, 2.05) is 0 Å². The molecule has 3 aromatic rings. The van der Waals surface area contributed by atoms with Crippen LogP contribution < -0.4 is 5.69 Å². The summed E-state index contributed by atoms with van der Waals surface area (Å²) in [5, 5.41) is 0. The van der Waals surface area contributed by atoms with Crippen LogP contribution in [0.15, 0.2) is 50.6 Å². The SMILES string of the molecule is O=c1[nH]c2ccc(S(=O)(=O)N3CCN(Cc4ccc(F)cc4Br)CC3)cc2[nH]1. The largest absolute Gasteiger partial charge is 0.323 e. The van der Waals surface area contributed by atoms with Gasteiger partial charge in [-0.2, -0.15) is 4.31 Å². The van der Waals surface area contributed by atoms with E-state index in [0.29, 0.717) is 48.2 Å². The Balaban J connectivity index is 1.46. The van der Waals surface area contributed by atoms with Gasteiger partial charge in [0.15, 0.2) is 0 Å². The van der Waals surface area contributed by atoms with Crippen LogP contribution in [0, 0.1) is 5.82 Å². The molecule has 0 atom stereocenters. The van der Waals surface area contributed by atoms with Gasteiger partial charge in [-0.05, 0) is 35.9 Å². The molecule has 0 aliphatic carbocycles. The normalized spacial score (nSPS) is 16.6. The molecule has 1 aromatic heterocycles. The summed E-state index contributed by atoms with van der Waals surface area (Å²) in [4.78, 5) is 18.9. The maximum absolute atomic E-state index is 13.2. The van der Waals surface area contributed by atoms with E-state index in [9.17, 15) is 17.6 Å². The van der Waals surface area contributed by atoms with Crippen molar-refractivity contribution in [2.45, 2.75) is 11.4 Å². The van der Waals surface area contributed by atoms with Crippen molar-refractivity contribution in [3.63, 3.8) is 0 Å². The van der Waals surface area contributed by atoms with Crippen molar-refractivity contribution in [3.05, 3.63) is 62.7 Å². The van der Waals surface area contributed by atoms with Crippen LogP contribution in [0.25, 0.3) is 11.0 Å². The van der Waals surface area contributed by atoms with E-state index in [4.69, 9.17) is 0 Å². The zero-order valence-corrected chi connectivity index (χ0v) is 17.2. The molecule has 0 amide bonds. The lowest BCUT2D eigenvalue weighted by molar-refractivity contribution is 0.181. The average molecular weight is 469 g/mol. The molecule has 10 heteroatoms. The number of piperazine rings is 1. The van der Waals surface area contributed by atoms with Gasteiger partial charge in [0.25, 0.3) is 0 Å². The van der Waals surface area contributed by atoms with Gasteiger partial charge >= 0.3 is 5.69 Å². The summed E-state index contributed by atoms with van der Waals surface area (Å²) in [6.07, 6.45) is 0. The van der Waals surface area contributed by atoms with E-state index in [1.165, 1.54) is 28.6 Å². The number of nitrogens with zero attached hydrogens (tertiary/aromatic N) is 2. The van der Waals surface area contributed by atoms with E-state index in [2.05, 4.69) is 30.8 Å². The number of imidazole rings is 1. The number of H-pyrrole nitrogens is 2. The summed E-state index contributed by atoms with van der Waals surface area (Å²) in [6, 6.07) is 9.14. The third kappa shape index (κ3) is 3.77. The summed E-state index contributed by atoms with van der Waals surface area (Å²) in [7, 11) is -3.64. The van der Waals surface area contributed by atoms with Gasteiger partial charge in [0.2, 0.25) is 10.0 Å². The van der Waals surface area contributed by atoms with Crippen molar-refractivity contribution >= 4 is 37.0 Å². The molecule has 4 rings (SSSR count). The second-order valence-corrected chi connectivity index (χ2v) is 9.49. The van der Waals surface area contributed by atoms with Gasteiger partial charge < -0.3 is 9.97 Å². The van der Waals surface area contributed by atoms with Crippen LogP contribution in [0.1, 0.15) is 5.56 Å². The molecular weight excluding hydrogens is 451 g/mol. The van der Waals surface area contributed by atoms with E-state index in [-0.39, 0.29) is 16.4 Å². The van der Waals surface area contributed by atoms with Crippen molar-refractivity contribution in [2.75, 3.05) is 26.2 Å². The van der Waals surface area contributed by atoms with Crippen LogP contribution in [0.3, 0.4) is 0 Å². The molecule has 28 heavy (non-hydrogen) atoms. The lowest BCUT2D eigenvalue weighted by atomic mass is 10.2.